The monoisotopic (exact) mass is 197 g/mol. The molecular formula is C11H19NO2. The van der Waals surface area contributed by atoms with Crippen LogP contribution in [0.25, 0.3) is 0 Å². The third-order valence-electron chi connectivity index (χ3n) is 3.26. The van der Waals surface area contributed by atoms with Gasteiger partial charge in [-0.2, -0.15) is 0 Å². The summed E-state index contributed by atoms with van der Waals surface area (Å²) in [5.41, 5.74) is 0. The molecule has 1 saturated carbocycles. The Morgan fingerprint density at radius 2 is 1.93 bits per heavy atom. The first kappa shape index (κ1) is 9.97. The molecule has 2 aliphatic rings. The molecule has 1 aliphatic heterocycles. The van der Waals surface area contributed by atoms with Gasteiger partial charge >= 0.3 is 0 Å². The highest BCUT2D eigenvalue weighted by Crippen LogP contribution is 2.24. The van der Waals surface area contributed by atoms with Crippen LogP contribution in [0.3, 0.4) is 0 Å². The van der Waals surface area contributed by atoms with Gasteiger partial charge in [-0.25, -0.2) is 5.06 Å². The van der Waals surface area contributed by atoms with Gasteiger partial charge in [-0.1, -0.05) is 26.2 Å². The van der Waals surface area contributed by atoms with Crippen molar-refractivity contribution in [2.45, 2.75) is 51.6 Å². The van der Waals surface area contributed by atoms with Gasteiger partial charge in [0.15, 0.2) is 0 Å². The highest BCUT2D eigenvalue weighted by Gasteiger charge is 2.31. The number of carbonyl (C=O) groups excluding carboxylic acids is 1. The molecule has 1 atom stereocenters. The zero-order valence-electron chi connectivity index (χ0n) is 8.87. The summed E-state index contributed by atoms with van der Waals surface area (Å²) < 4.78 is 0. The zero-order valence-corrected chi connectivity index (χ0v) is 8.87. The van der Waals surface area contributed by atoms with E-state index in [1.165, 1.54) is 19.3 Å². The maximum absolute atomic E-state index is 11.6. The molecule has 80 valence electrons. The van der Waals surface area contributed by atoms with E-state index in [-0.39, 0.29) is 11.8 Å². The minimum atomic E-state index is 0.165. The summed E-state index contributed by atoms with van der Waals surface area (Å²) >= 11 is 0. The second-order valence-electron chi connectivity index (χ2n) is 4.50. The smallest absolute Gasteiger partial charge is 0.249 e. The lowest BCUT2D eigenvalue weighted by atomic mass is 9.98. The van der Waals surface area contributed by atoms with Crippen LogP contribution in [-0.4, -0.2) is 23.6 Å². The van der Waals surface area contributed by atoms with Crippen molar-refractivity contribution in [1.29, 1.82) is 0 Å². The third-order valence-corrected chi connectivity index (χ3v) is 3.26. The lowest BCUT2D eigenvalue weighted by Gasteiger charge is -2.26. The first-order valence-corrected chi connectivity index (χ1v) is 5.75. The topological polar surface area (TPSA) is 29.5 Å². The Hall–Kier alpha value is -0.570. The van der Waals surface area contributed by atoms with Gasteiger partial charge < -0.3 is 0 Å². The normalized spacial score (nSPS) is 29.9. The van der Waals surface area contributed by atoms with E-state index in [0.717, 1.165) is 25.8 Å². The summed E-state index contributed by atoms with van der Waals surface area (Å²) in [6.07, 6.45) is 7.33. The van der Waals surface area contributed by atoms with Gasteiger partial charge in [0.25, 0.3) is 0 Å². The molecule has 0 bridgehead atoms. The largest absolute Gasteiger partial charge is 0.272 e. The molecule has 1 saturated heterocycles. The maximum atomic E-state index is 11.6. The molecule has 0 radical (unpaired) electrons. The van der Waals surface area contributed by atoms with Crippen molar-refractivity contribution >= 4 is 5.91 Å². The Bertz CT molecular complexity index is 211. The molecule has 0 aromatic rings. The van der Waals surface area contributed by atoms with Crippen LogP contribution in [0, 0.1) is 5.92 Å². The van der Waals surface area contributed by atoms with Gasteiger partial charge in [0.05, 0.1) is 6.10 Å². The first-order valence-electron chi connectivity index (χ1n) is 5.75. The molecule has 0 spiro atoms. The second kappa shape index (κ2) is 4.30. The molecule has 1 amide bonds. The summed E-state index contributed by atoms with van der Waals surface area (Å²) in [6.45, 7) is 2.77. The fraction of sp³-hybridized carbons (Fsp3) is 0.909. The van der Waals surface area contributed by atoms with Crippen LogP contribution in [0.1, 0.15) is 45.4 Å². The predicted molar refractivity (Wildman–Crippen MR) is 53.5 cm³/mol. The Kier molecular flexibility index (Phi) is 3.06. The first-order chi connectivity index (χ1) is 6.77. The van der Waals surface area contributed by atoms with Crippen LogP contribution in [0.15, 0.2) is 0 Å². The molecule has 1 aliphatic carbocycles. The van der Waals surface area contributed by atoms with Crippen molar-refractivity contribution in [3.05, 3.63) is 0 Å². The number of nitrogens with zero attached hydrogens (tertiary/aromatic N) is 1. The lowest BCUT2D eigenvalue weighted by molar-refractivity contribution is -0.203. The average molecular weight is 197 g/mol. The fourth-order valence-corrected chi connectivity index (χ4v) is 2.25. The Balaban J connectivity index is 1.82. The minimum Gasteiger partial charge on any atom is -0.272 e. The fourth-order valence-electron chi connectivity index (χ4n) is 2.25. The molecule has 0 aromatic carbocycles. The standard InChI is InChI=1S/C11H19NO2/c1-9-7-8-12(11(9)13)14-10-5-3-2-4-6-10/h9-10H,2-8H2,1H3. The number of amides is 1. The highest BCUT2D eigenvalue weighted by molar-refractivity contribution is 5.79. The predicted octanol–water partition coefficient (Wildman–Crippen LogP) is 2.12. The van der Waals surface area contributed by atoms with E-state index in [1.807, 2.05) is 6.92 Å². The minimum absolute atomic E-state index is 0.165. The molecule has 3 heteroatoms. The van der Waals surface area contributed by atoms with Crippen LogP contribution in [-0.2, 0) is 9.63 Å². The number of hydrogen-bond acceptors (Lipinski definition) is 2. The van der Waals surface area contributed by atoms with Crippen LogP contribution < -0.4 is 0 Å². The van der Waals surface area contributed by atoms with Crippen LogP contribution in [0.4, 0.5) is 0 Å². The van der Waals surface area contributed by atoms with Crippen molar-refractivity contribution < 1.29 is 9.63 Å². The van der Waals surface area contributed by atoms with E-state index in [9.17, 15) is 4.79 Å². The second-order valence-corrected chi connectivity index (χ2v) is 4.50. The maximum Gasteiger partial charge on any atom is 0.249 e. The van der Waals surface area contributed by atoms with Crippen LogP contribution in [0.2, 0.25) is 0 Å². The van der Waals surface area contributed by atoms with Crippen molar-refractivity contribution in [2.75, 3.05) is 6.54 Å². The van der Waals surface area contributed by atoms with Crippen LogP contribution in [0.5, 0.6) is 0 Å². The van der Waals surface area contributed by atoms with Crippen LogP contribution >= 0.6 is 0 Å². The zero-order chi connectivity index (χ0) is 9.97. The summed E-state index contributed by atoms with van der Waals surface area (Å²) in [5, 5.41) is 1.60. The van der Waals surface area contributed by atoms with Crippen molar-refractivity contribution in [2.24, 2.45) is 5.92 Å². The molecule has 0 aromatic heterocycles. The van der Waals surface area contributed by atoms with E-state index in [4.69, 9.17) is 4.84 Å². The van der Waals surface area contributed by atoms with Gasteiger partial charge in [0, 0.05) is 12.5 Å². The molecule has 3 nitrogen and oxygen atoms in total. The van der Waals surface area contributed by atoms with Gasteiger partial charge in [0.2, 0.25) is 5.91 Å². The Labute approximate surface area is 85.4 Å². The average Bonchev–Trinajstić information content (AvgIpc) is 2.52. The highest BCUT2D eigenvalue weighted by atomic mass is 16.7. The number of hydroxylamine groups is 2. The molecular weight excluding hydrogens is 178 g/mol. The Morgan fingerprint density at radius 3 is 2.50 bits per heavy atom. The van der Waals surface area contributed by atoms with Gasteiger partial charge in [-0.3, -0.25) is 9.63 Å². The van der Waals surface area contributed by atoms with E-state index in [1.54, 1.807) is 5.06 Å². The number of rotatable bonds is 2. The van der Waals surface area contributed by atoms with Gasteiger partial charge in [0.1, 0.15) is 0 Å². The molecule has 14 heavy (non-hydrogen) atoms. The SMILES string of the molecule is CC1CCN(OC2CCCCC2)C1=O. The summed E-state index contributed by atoms with van der Waals surface area (Å²) in [5.74, 6) is 0.342. The summed E-state index contributed by atoms with van der Waals surface area (Å²) in [4.78, 5) is 17.3. The van der Waals surface area contributed by atoms with E-state index in [0.29, 0.717) is 6.10 Å². The molecule has 0 N–H and O–H groups in total. The quantitative estimate of drug-likeness (QED) is 0.678. The molecule has 2 fully saturated rings. The van der Waals surface area contributed by atoms with Crippen molar-refractivity contribution in [3.8, 4) is 0 Å². The lowest BCUT2D eigenvalue weighted by Crippen LogP contribution is -2.33. The van der Waals surface area contributed by atoms with Gasteiger partial charge in [-0.15, -0.1) is 0 Å². The van der Waals surface area contributed by atoms with E-state index in [2.05, 4.69) is 0 Å². The van der Waals surface area contributed by atoms with E-state index >= 15 is 0 Å². The number of hydrogen-bond donors (Lipinski definition) is 0. The molecule has 1 unspecified atom stereocenters. The molecule has 2 rings (SSSR count). The Morgan fingerprint density at radius 1 is 1.21 bits per heavy atom. The van der Waals surface area contributed by atoms with E-state index < -0.39 is 0 Å². The molecule has 1 heterocycles. The van der Waals surface area contributed by atoms with Gasteiger partial charge in [-0.05, 0) is 19.3 Å². The number of carbonyl (C=O) groups is 1. The third kappa shape index (κ3) is 2.08. The summed E-state index contributed by atoms with van der Waals surface area (Å²) in [6, 6.07) is 0. The van der Waals surface area contributed by atoms with Crippen molar-refractivity contribution in [3.63, 3.8) is 0 Å². The summed E-state index contributed by atoms with van der Waals surface area (Å²) in [7, 11) is 0. The van der Waals surface area contributed by atoms with Crippen molar-refractivity contribution in [1.82, 2.24) is 5.06 Å².